The molecule has 0 atom stereocenters. The zero-order valence-corrected chi connectivity index (χ0v) is 6.71. The normalized spacial score (nSPS) is 9.77. The number of para-hydroxylation sites is 1. The Morgan fingerprint density at radius 3 is 3.15 bits per heavy atom. The molecular weight excluding hydrogens is 168 g/mol. The number of hydrogen-bond acceptors (Lipinski definition) is 3. The molecule has 0 unspecified atom stereocenters. The van der Waals surface area contributed by atoms with Crippen LogP contribution in [0.5, 0.6) is 0 Å². The summed E-state index contributed by atoms with van der Waals surface area (Å²) in [7, 11) is 0. The van der Waals surface area contributed by atoms with Crippen molar-refractivity contribution in [3.63, 3.8) is 0 Å². The molecule has 0 bridgehead atoms. The summed E-state index contributed by atoms with van der Waals surface area (Å²) in [5, 5.41) is 7.59. The fraction of sp³-hybridized carbons (Fsp3) is 0.125. The molecule has 0 saturated heterocycles. The average molecular weight is 174 g/mol. The maximum atomic E-state index is 6.55. The third-order valence-corrected chi connectivity index (χ3v) is 1.57. The summed E-state index contributed by atoms with van der Waals surface area (Å²) >= 11 is 0. The number of rotatable bonds is 2. The van der Waals surface area contributed by atoms with Crippen molar-refractivity contribution >= 4 is 11.0 Å². The van der Waals surface area contributed by atoms with E-state index in [9.17, 15) is 0 Å². The number of aromatic nitrogens is 3. The Kier molecular flexibility index (Phi) is 1.81. The van der Waals surface area contributed by atoms with E-state index in [0.717, 1.165) is 11.0 Å². The Bertz CT molecular complexity index is 456. The van der Waals surface area contributed by atoms with Crippen LogP contribution in [0.15, 0.2) is 24.3 Å². The van der Waals surface area contributed by atoms with Crippen molar-refractivity contribution in [1.82, 2.24) is 15.2 Å². The standard InChI is InChI=1S/C8H6N4O/c1-9-6-13-12-8-5-3-2-4-7(8)10-11-12/h2-5H,6H2. The molecule has 0 amide bonds. The predicted molar refractivity (Wildman–Crippen MR) is 45.6 cm³/mol. The topological polar surface area (TPSA) is 44.3 Å². The molecule has 64 valence electrons. The molecule has 0 N–H and O–H groups in total. The second kappa shape index (κ2) is 3.11. The van der Waals surface area contributed by atoms with Crippen molar-refractivity contribution in [3.05, 3.63) is 35.7 Å². The van der Waals surface area contributed by atoms with Gasteiger partial charge in [-0.1, -0.05) is 17.0 Å². The summed E-state index contributed by atoms with van der Waals surface area (Å²) in [5.41, 5.74) is 1.53. The minimum absolute atomic E-state index is 0.0483. The lowest BCUT2D eigenvalue weighted by atomic mass is 10.3. The smallest absolute Gasteiger partial charge is 0.316 e. The lowest BCUT2D eigenvalue weighted by Gasteiger charge is -1.95. The second-order valence-electron chi connectivity index (χ2n) is 2.37. The van der Waals surface area contributed by atoms with Crippen LogP contribution in [0.1, 0.15) is 0 Å². The monoisotopic (exact) mass is 174 g/mol. The van der Waals surface area contributed by atoms with E-state index in [4.69, 9.17) is 11.4 Å². The van der Waals surface area contributed by atoms with Crippen molar-refractivity contribution in [2.24, 2.45) is 0 Å². The van der Waals surface area contributed by atoms with E-state index >= 15 is 0 Å². The summed E-state index contributed by atoms with van der Waals surface area (Å²) in [5.74, 6) is 0. The minimum Gasteiger partial charge on any atom is -0.316 e. The van der Waals surface area contributed by atoms with E-state index in [1.165, 1.54) is 4.85 Å². The lowest BCUT2D eigenvalue weighted by molar-refractivity contribution is 0.109. The largest absolute Gasteiger partial charge is 0.378 e. The van der Waals surface area contributed by atoms with E-state index in [1.807, 2.05) is 24.3 Å². The molecule has 0 aliphatic heterocycles. The highest BCUT2D eigenvalue weighted by Gasteiger charge is 2.03. The van der Waals surface area contributed by atoms with E-state index < -0.39 is 0 Å². The van der Waals surface area contributed by atoms with Crippen molar-refractivity contribution in [1.29, 1.82) is 0 Å². The van der Waals surface area contributed by atoms with E-state index in [0.29, 0.717) is 0 Å². The molecule has 2 aromatic rings. The zero-order chi connectivity index (χ0) is 9.10. The van der Waals surface area contributed by atoms with Gasteiger partial charge in [-0.25, -0.2) is 6.57 Å². The number of fused-ring (bicyclic) bond motifs is 1. The zero-order valence-electron chi connectivity index (χ0n) is 6.71. The average Bonchev–Trinajstić information content (AvgIpc) is 2.58. The Balaban J connectivity index is 2.41. The van der Waals surface area contributed by atoms with Gasteiger partial charge < -0.3 is 4.84 Å². The number of nitrogens with zero attached hydrogens (tertiary/aromatic N) is 4. The van der Waals surface area contributed by atoms with E-state index in [2.05, 4.69) is 15.2 Å². The first-order valence-corrected chi connectivity index (χ1v) is 3.69. The van der Waals surface area contributed by atoms with Crippen LogP contribution in [0.4, 0.5) is 0 Å². The minimum atomic E-state index is -0.0483. The van der Waals surface area contributed by atoms with E-state index in [1.54, 1.807) is 0 Å². The highest BCUT2D eigenvalue weighted by atomic mass is 16.7. The number of hydrogen-bond donors (Lipinski definition) is 0. The highest BCUT2D eigenvalue weighted by molar-refractivity contribution is 5.73. The molecule has 13 heavy (non-hydrogen) atoms. The van der Waals surface area contributed by atoms with Crippen LogP contribution in [0.3, 0.4) is 0 Å². The molecule has 1 aromatic carbocycles. The van der Waals surface area contributed by atoms with Crippen molar-refractivity contribution in [2.75, 3.05) is 6.73 Å². The summed E-state index contributed by atoms with van der Waals surface area (Å²) in [6.45, 7) is 6.50. The van der Waals surface area contributed by atoms with Crippen molar-refractivity contribution in [3.8, 4) is 0 Å². The molecule has 0 fully saturated rings. The van der Waals surface area contributed by atoms with Crippen molar-refractivity contribution < 1.29 is 4.84 Å². The maximum Gasteiger partial charge on any atom is 0.378 e. The molecule has 0 aliphatic rings. The van der Waals surface area contributed by atoms with Gasteiger partial charge in [0.2, 0.25) is 0 Å². The molecule has 0 spiro atoms. The molecule has 1 aromatic heterocycles. The Labute approximate surface area is 74.3 Å². The first kappa shape index (κ1) is 7.55. The van der Waals surface area contributed by atoms with E-state index in [-0.39, 0.29) is 6.73 Å². The number of benzene rings is 1. The van der Waals surface area contributed by atoms with Gasteiger partial charge in [-0.3, -0.25) is 4.85 Å². The molecule has 0 aliphatic carbocycles. The van der Waals surface area contributed by atoms with Crippen LogP contribution in [0.25, 0.3) is 15.9 Å². The fourth-order valence-corrected chi connectivity index (χ4v) is 1.03. The molecule has 2 rings (SSSR count). The van der Waals surface area contributed by atoms with Crippen LogP contribution in [-0.2, 0) is 0 Å². The van der Waals surface area contributed by atoms with Gasteiger partial charge in [0, 0.05) is 0 Å². The maximum absolute atomic E-state index is 6.55. The Morgan fingerprint density at radius 2 is 2.31 bits per heavy atom. The van der Waals surface area contributed by atoms with Gasteiger partial charge in [-0.2, -0.15) is 0 Å². The van der Waals surface area contributed by atoms with Gasteiger partial charge in [0.15, 0.2) is 0 Å². The summed E-state index contributed by atoms with van der Waals surface area (Å²) in [6.07, 6.45) is 0. The molecule has 1 heterocycles. The lowest BCUT2D eigenvalue weighted by Crippen LogP contribution is -2.11. The quantitative estimate of drug-likeness (QED) is 0.630. The second-order valence-corrected chi connectivity index (χ2v) is 2.37. The van der Waals surface area contributed by atoms with Crippen molar-refractivity contribution in [2.45, 2.75) is 0 Å². The van der Waals surface area contributed by atoms with Crippen LogP contribution in [0, 0.1) is 6.57 Å². The summed E-state index contributed by atoms with van der Waals surface area (Å²) in [6, 6.07) is 7.40. The first-order valence-electron chi connectivity index (χ1n) is 3.69. The van der Waals surface area contributed by atoms with Gasteiger partial charge >= 0.3 is 6.73 Å². The van der Waals surface area contributed by atoms with Gasteiger partial charge in [0.25, 0.3) is 0 Å². The van der Waals surface area contributed by atoms with Gasteiger partial charge in [-0.05, 0) is 17.3 Å². The summed E-state index contributed by atoms with van der Waals surface area (Å²) in [4.78, 5) is 9.31. The SMILES string of the molecule is [C-]#[N+]COn1nnc2ccccc21. The van der Waals surface area contributed by atoms with Crippen LogP contribution in [-0.4, -0.2) is 21.9 Å². The molecule has 0 radical (unpaired) electrons. The fourth-order valence-electron chi connectivity index (χ4n) is 1.03. The Morgan fingerprint density at radius 1 is 1.46 bits per heavy atom. The predicted octanol–water partition coefficient (Wildman–Crippen LogP) is 0.737. The molecular formula is C8H6N4O. The summed E-state index contributed by atoms with van der Waals surface area (Å²) < 4.78 is 0. The molecule has 0 saturated carbocycles. The Hall–Kier alpha value is -2.09. The first-order chi connectivity index (χ1) is 6.42. The third kappa shape index (κ3) is 1.29. The molecule has 5 heteroatoms. The van der Waals surface area contributed by atoms with Gasteiger partial charge in [0.1, 0.15) is 11.0 Å². The van der Waals surface area contributed by atoms with Gasteiger partial charge in [-0.15, -0.1) is 5.10 Å². The third-order valence-electron chi connectivity index (χ3n) is 1.57. The van der Waals surface area contributed by atoms with Crippen LogP contribution >= 0.6 is 0 Å². The molecule has 5 nitrogen and oxygen atoms in total. The van der Waals surface area contributed by atoms with Gasteiger partial charge in [0.05, 0.1) is 0 Å². The highest BCUT2D eigenvalue weighted by Crippen LogP contribution is 2.07. The van der Waals surface area contributed by atoms with Crippen LogP contribution in [0.2, 0.25) is 0 Å². The van der Waals surface area contributed by atoms with Crippen LogP contribution < -0.4 is 4.84 Å².